The van der Waals surface area contributed by atoms with Gasteiger partial charge in [0.25, 0.3) is 5.91 Å². The van der Waals surface area contributed by atoms with Gasteiger partial charge in [0.05, 0.1) is 11.5 Å². The number of amides is 1. The van der Waals surface area contributed by atoms with E-state index >= 15 is 0 Å². The number of halogens is 1. The minimum Gasteiger partial charge on any atom is -0.488 e. The fraction of sp³-hybridized carbons (Fsp3) is 0.318. The molecule has 0 radical (unpaired) electrons. The van der Waals surface area contributed by atoms with Crippen LogP contribution in [0.25, 0.3) is 0 Å². The van der Waals surface area contributed by atoms with Crippen molar-refractivity contribution in [1.82, 2.24) is 15.0 Å². The molecule has 6 nitrogen and oxygen atoms in total. The van der Waals surface area contributed by atoms with Crippen molar-refractivity contribution < 1.29 is 14.1 Å². The molecule has 0 bridgehead atoms. The summed E-state index contributed by atoms with van der Waals surface area (Å²) in [6.07, 6.45) is 1.82. The first kappa shape index (κ1) is 19.5. The lowest BCUT2D eigenvalue weighted by Gasteiger charge is -2.31. The van der Waals surface area contributed by atoms with E-state index in [1.807, 2.05) is 47.4 Å². The highest BCUT2D eigenvalue weighted by atomic mass is 35.5. The van der Waals surface area contributed by atoms with Gasteiger partial charge in [-0.05, 0) is 38.0 Å². The maximum Gasteiger partial charge on any atom is 0.257 e. The number of benzene rings is 2. The van der Waals surface area contributed by atoms with Crippen LogP contribution in [-0.4, -0.2) is 34.0 Å². The molecule has 29 heavy (non-hydrogen) atoms. The quantitative estimate of drug-likeness (QED) is 0.612. The molecule has 1 aliphatic rings. The highest BCUT2D eigenvalue weighted by Crippen LogP contribution is 2.29. The van der Waals surface area contributed by atoms with Crippen molar-refractivity contribution in [3.8, 4) is 5.75 Å². The molecule has 1 unspecified atom stereocenters. The first-order chi connectivity index (χ1) is 14.1. The third kappa shape index (κ3) is 4.43. The van der Waals surface area contributed by atoms with Gasteiger partial charge < -0.3 is 14.2 Å². The molecule has 4 rings (SSSR count). The van der Waals surface area contributed by atoms with Crippen LogP contribution >= 0.6 is 11.6 Å². The lowest BCUT2D eigenvalue weighted by atomic mass is 9.97. The van der Waals surface area contributed by atoms with E-state index in [1.165, 1.54) is 0 Å². The summed E-state index contributed by atoms with van der Waals surface area (Å²) in [6, 6.07) is 14.8. The Labute approximate surface area is 174 Å². The SMILES string of the molecule is Cc1noc(C2CCCN(C(=O)c3ccccc3OCc3ccccc3Cl)C2)n1. The van der Waals surface area contributed by atoms with E-state index in [2.05, 4.69) is 10.1 Å². The monoisotopic (exact) mass is 411 g/mol. The number of carbonyl (C=O) groups excluding carboxylic acids is 1. The lowest BCUT2D eigenvalue weighted by molar-refractivity contribution is 0.0691. The van der Waals surface area contributed by atoms with Crippen LogP contribution in [0.4, 0.5) is 0 Å². The predicted molar refractivity (Wildman–Crippen MR) is 109 cm³/mol. The molecule has 0 saturated carbocycles. The Kier molecular flexibility index (Phi) is 5.81. The van der Waals surface area contributed by atoms with E-state index in [9.17, 15) is 4.79 Å². The number of likely N-dealkylation sites (tertiary alicyclic amines) is 1. The van der Waals surface area contributed by atoms with Gasteiger partial charge in [-0.25, -0.2) is 0 Å². The molecule has 1 aliphatic heterocycles. The Balaban J connectivity index is 1.49. The highest BCUT2D eigenvalue weighted by Gasteiger charge is 2.29. The number of nitrogens with zero attached hydrogens (tertiary/aromatic N) is 3. The zero-order valence-electron chi connectivity index (χ0n) is 16.2. The summed E-state index contributed by atoms with van der Waals surface area (Å²) in [4.78, 5) is 19.4. The van der Waals surface area contributed by atoms with Gasteiger partial charge in [0.1, 0.15) is 12.4 Å². The molecule has 2 aromatic carbocycles. The van der Waals surface area contributed by atoms with E-state index in [1.54, 1.807) is 13.0 Å². The lowest BCUT2D eigenvalue weighted by Crippen LogP contribution is -2.39. The van der Waals surface area contributed by atoms with Crippen LogP contribution in [0.5, 0.6) is 5.75 Å². The molecule has 0 aliphatic carbocycles. The molecule has 1 fully saturated rings. The molecule has 2 heterocycles. The van der Waals surface area contributed by atoms with Gasteiger partial charge >= 0.3 is 0 Å². The van der Waals surface area contributed by atoms with E-state index in [0.717, 1.165) is 18.4 Å². The summed E-state index contributed by atoms with van der Waals surface area (Å²) in [5, 5.41) is 4.52. The number of ether oxygens (including phenoxy) is 1. The van der Waals surface area contributed by atoms with Crippen LogP contribution in [-0.2, 0) is 6.61 Å². The number of para-hydroxylation sites is 1. The second-order valence-corrected chi connectivity index (χ2v) is 7.55. The van der Waals surface area contributed by atoms with Gasteiger partial charge in [-0.1, -0.05) is 47.1 Å². The summed E-state index contributed by atoms with van der Waals surface area (Å²) < 4.78 is 11.3. The Morgan fingerprint density at radius 3 is 2.83 bits per heavy atom. The molecule has 1 amide bonds. The highest BCUT2D eigenvalue weighted by molar-refractivity contribution is 6.31. The second kappa shape index (κ2) is 8.66. The maximum atomic E-state index is 13.2. The number of aromatic nitrogens is 2. The van der Waals surface area contributed by atoms with E-state index < -0.39 is 0 Å². The van der Waals surface area contributed by atoms with Crippen molar-refractivity contribution >= 4 is 17.5 Å². The summed E-state index contributed by atoms with van der Waals surface area (Å²) in [5.74, 6) is 1.77. The Hall–Kier alpha value is -2.86. The molecule has 0 spiro atoms. The Morgan fingerprint density at radius 2 is 2.03 bits per heavy atom. The summed E-state index contributed by atoms with van der Waals surface area (Å²) >= 11 is 6.22. The van der Waals surface area contributed by atoms with Crippen molar-refractivity contribution in [1.29, 1.82) is 0 Å². The number of aryl methyl sites for hydroxylation is 1. The minimum atomic E-state index is -0.0549. The number of hydrogen-bond acceptors (Lipinski definition) is 5. The molecular weight excluding hydrogens is 390 g/mol. The first-order valence-electron chi connectivity index (χ1n) is 9.66. The average Bonchev–Trinajstić information content (AvgIpc) is 3.19. The fourth-order valence-electron chi connectivity index (χ4n) is 3.55. The van der Waals surface area contributed by atoms with Crippen LogP contribution in [0, 0.1) is 6.92 Å². The normalized spacial score (nSPS) is 16.6. The van der Waals surface area contributed by atoms with Gasteiger partial charge in [-0.2, -0.15) is 4.98 Å². The zero-order chi connectivity index (χ0) is 20.2. The standard InChI is InChI=1S/C22H22ClN3O3/c1-15-24-21(29-25-15)16-8-6-12-26(13-16)22(27)18-9-3-5-11-20(18)28-14-17-7-2-4-10-19(17)23/h2-5,7,9-11,16H,6,8,12-14H2,1H3. The van der Waals surface area contributed by atoms with Crippen molar-refractivity contribution in [2.24, 2.45) is 0 Å². The van der Waals surface area contributed by atoms with Crippen LogP contribution in [0.1, 0.15) is 46.4 Å². The zero-order valence-corrected chi connectivity index (χ0v) is 16.9. The third-order valence-corrected chi connectivity index (χ3v) is 5.43. The number of piperidine rings is 1. The van der Waals surface area contributed by atoms with E-state index in [4.69, 9.17) is 20.9 Å². The molecule has 1 saturated heterocycles. The minimum absolute atomic E-state index is 0.0549. The summed E-state index contributed by atoms with van der Waals surface area (Å²) in [6.45, 7) is 3.35. The molecular formula is C22H22ClN3O3. The number of rotatable bonds is 5. The van der Waals surface area contributed by atoms with E-state index in [0.29, 0.717) is 47.7 Å². The molecule has 0 N–H and O–H groups in total. The van der Waals surface area contributed by atoms with Crippen molar-refractivity contribution in [3.05, 3.63) is 76.4 Å². The molecule has 7 heteroatoms. The second-order valence-electron chi connectivity index (χ2n) is 7.15. The number of hydrogen-bond donors (Lipinski definition) is 0. The van der Waals surface area contributed by atoms with Crippen LogP contribution in [0.3, 0.4) is 0 Å². The average molecular weight is 412 g/mol. The van der Waals surface area contributed by atoms with Crippen molar-refractivity contribution in [2.45, 2.75) is 32.3 Å². The fourth-order valence-corrected chi connectivity index (χ4v) is 3.74. The molecule has 3 aromatic rings. The van der Waals surface area contributed by atoms with Crippen LogP contribution in [0.2, 0.25) is 5.02 Å². The van der Waals surface area contributed by atoms with Crippen LogP contribution < -0.4 is 4.74 Å². The Morgan fingerprint density at radius 1 is 1.24 bits per heavy atom. The first-order valence-corrected chi connectivity index (χ1v) is 10.0. The van der Waals surface area contributed by atoms with E-state index in [-0.39, 0.29) is 11.8 Å². The van der Waals surface area contributed by atoms with Gasteiger partial charge in [-0.15, -0.1) is 0 Å². The third-order valence-electron chi connectivity index (χ3n) is 5.06. The van der Waals surface area contributed by atoms with Gasteiger partial charge in [0.2, 0.25) is 5.89 Å². The van der Waals surface area contributed by atoms with Gasteiger partial charge in [-0.3, -0.25) is 4.79 Å². The largest absolute Gasteiger partial charge is 0.488 e. The number of carbonyl (C=O) groups is 1. The molecule has 1 aromatic heterocycles. The Bertz CT molecular complexity index is 1000. The predicted octanol–water partition coefficient (Wildman–Crippen LogP) is 4.63. The topological polar surface area (TPSA) is 68.5 Å². The van der Waals surface area contributed by atoms with Gasteiger partial charge in [0.15, 0.2) is 5.82 Å². The summed E-state index contributed by atoms with van der Waals surface area (Å²) in [7, 11) is 0. The maximum absolute atomic E-state index is 13.2. The van der Waals surface area contributed by atoms with Gasteiger partial charge in [0, 0.05) is 23.7 Å². The summed E-state index contributed by atoms with van der Waals surface area (Å²) in [5.41, 5.74) is 1.42. The molecule has 1 atom stereocenters. The molecule has 150 valence electrons. The smallest absolute Gasteiger partial charge is 0.257 e. The van der Waals surface area contributed by atoms with Crippen molar-refractivity contribution in [2.75, 3.05) is 13.1 Å². The van der Waals surface area contributed by atoms with Crippen LogP contribution in [0.15, 0.2) is 53.1 Å². The van der Waals surface area contributed by atoms with Crippen molar-refractivity contribution in [3.63, 3.8) is 0 Å².